The number of quaternary nitrogens is 1. The van der Waals surface area contributed by atoms with Gasteiger partial charge in [-0.3, -0.25) is 13.8 Å². The molecule has 0 spiro atoms. The number of amides is 1. The molecule has 0 aliphatic heterocycles. The van der Waals surface area contributed by atoms with Gasteiger partial charge >= 0.3 is 7.82 Å². The number of aliphatic hydroxyl groups excluding tert-OH is 1. The van der Waals surface area contributed by atoms with Crippen LogP contribution < -0.4 is 5.32 Å². The van der Waals surface area contributed by atoms with Crippen LogP contribution >= 0.6 is 7.82 Å². The minimum Gasteiger partial charge on any atom is -0.387 e. The van der Waals surface area contributed by atoms with Crippen LogP contribution in [0.1, 0.15) is 271 Å². The summed E-state index contributed by atoms with van der Waals surface area (Å²) in [5.74, 6) is -0.178. The van der Waals surface area contributed by atoms with E-state index in [1.165, 1.54) is 212 Å². The normalized spacial score (nSPS) is 14.2. The van der Waals surface area contributed by atoms with Crippen LogP contribution in [0.25, 0.3) is 0 Å². The standard InChI is InChI=1S/C55H109N2O6P/c1-6-8-10-12-14-16-18-20-22-24-26-27-28-29-31-32-34-36-38-40-42-44-46-48-54(58)53(52-63-64(60,61)62-51-50-57(3,4)5)56-55(59)49-47-45-43-41-39-37-35-33-30-25-23-21-19-17-15-13-11-9-7-2/h25,30,46,48,53-54,58H,6-24,26-29,31-45,47,49-52H2,1-5H3,(H-,56,59,60,61)/p+1/b30-25-,48-46+. The Balaban J connectivity index is 4.24. The highest BCUT2D eigenvalue weighted by molar-refractivity contribution is 7.47. The quantitative estimate of drug-likeness (QED) is 0.0243. The number of hydrogen-bond donors (Lipinski definition) is 3. The predicted molar refractivity (Wildman–Crippen MR) is 277 cm³/mol. The maximum atomic E-state index is 13.0. The summed E-state index contributed by atoms with van der Waals surface area (Å²) < 4.78 is 23.7. The van der Waals surface area contributed by atoms with Gasteiger partial charge in [0.1, 0.15) is 13.2 Å². The molecule has 0 aromatic heterocycles. The van der Waals surface area contributed by atoms with Crippen LogP contribution in [0.15, 0.2) is 24.3 Å². The Morgan fingerprint density at radius 1 is 0.516 bits per heavy atom. The van der Waals surface area contributed by atoms with Gasteiger partial charge in [0.15, 0.2) is 0 Å². The Hall–Kier alpha value is -1.02. The fourth-order valence-corrected chi connectivity index (χ4v) is 9.01. The first-order valence-electron chi connectivity index (χ1n) is 27.7. The number of nitrogens with one attached hydrogen (secondary N) is 1. The zero-order chi connectivity index (χ0) is 47.1. The molecule has 0 rings (SSSR count). The van der Waals surface area contributed by atoms with Gasteiger partial charge in [-0.15, -0.1) is 0 Å². The van der Waals surface area contributed by atoms with Crippen LogP contribution in [-0.4, -0.2) is 73.4 Å². The minimum absolute atomic E-state index is 0.0622. The van der Waals surface area contributed by atoms with E-state index in [-0.39, 0.29) is 19.1 Å². The average Bonchev–Trinajstić information content (AvgIpc) is 3.25. The van der Waals surface area contributed by atoms with Crippen LogP contribution in [-0.2, 0) is 18.4 Å². The minimum atomic E-state index is -4.34. The van der Waals surface area contributed by atoms with E-state index in [2.05, 4.69) is 31.3 Å². The second kappa shape index (κ2) is 47.1. The van der Waals surface area contributed by atoms with Crippen LogP contribution in [0, 0.1) is 0 Å². The van der Waals surface area contributed by atoms with E-state index in [1.54, 1.807) is 6.08 Å². The lowest BCUT2D eigenvalue weighted by Crippen LogP contribution is -2.45. The van der Waals surface area contributed by atoms with Crippen molar-refractivity contribution in [2.45, 2.75) is 283 Å². The van der Waals surface area contributed by atoms with E-state index >= 15 is 0 Å². The molecule has 0 aromatic rings. The van der Waals surface area contributed by atoms with Gasteiger partial charge in [0, 0.05) is 6.42 Å². The molecule has 3 unspecified atom stereocenters. The molecule has 0 saturated heterocycles. The molecule has 9 heteroatoms. The summed E-state index contributed by atoms with van der Waals surface area (Å²) in [6, 6.07) is -0.847. The first-order chi connectivity index (χ1) is 31.0. The summed E-state index contributed by atoms with van der Waals surface area (Å²) in [7, 11) is 1.58. The topological polar surface area (TPSA) is 105 Å². The monoisotopic (exact) mass is 926 g/mol. The molecule has 0 fully saturated rings. The number of likely N-dealkylation sites (N-methyl/N-ethyl adjacent to an activating group) is 1. The molecule has 1 amide bonds. The van der Waals surface area contributed by atoms with Crippen molar-refractivity contribution in [1.82, 2.24) is 5.32 Å². The summed E-state index contributed by atoms with van der Waals surface area (Å²) in [6.45, 7) is 4.85. The summed E-state index contributed by atoms with van der Waals surface area (Å²) in [5.41, 5.74) is 0. The molecule has 0 bridgehead atoms. The van der Waals surface area contributed by atoms with Crippen molar-refractivity contribution in [3.63, 3.8) is 0 Å². The molecule has 3 atom stereocenters. The second-order valence-corrected chi connectivity index (χ2v) is 21.8. The van der Waals surface area contributed by atoms with Crippen molar-refractivity contribution in [3.05, 3.63) is 24.3 Å². The molecule has 380 valence electrons. The highest BCUT2D eigenvalue weighted by Crippen LogP contribution is 2.43. The maximum Gasteiger partial charge on any atom is 0.472 e. The number of carbonyl (C=O) groups excluding carboxylic acids is 1. The van der Waals surface area contributed by atoms with Crippen molar-refractivity contribution in [3.8, 4) is 0 Å². The Morgan fingerprint density at radius 2 is 0.844 bits per heavy atom. The Bertz CT molecular complexity index is 1090. The fourth-order valence-electron chi connectivity index (χ4n) is 8.27. The van der Waals surface area contributed by atoms with Crippen molar-refractivity contribution in [2.24, 2.45) is 0 Å². The molecule has 0 radical (unpaired) electrons. The van der Waals surface area contributed by atoms with Gasteiger partial charge in [0.2, 0.25) is 5.91 Å². The van der Waals surface area contributed by atoms with Gasteiger partial charge in [-0.1, -0.05) is 244 Å². The summed E-state index contributed by atoms with van der Waals surface area (Å²) in [5, 5.41) is 13.9. The molecule has 8 nitrogen and oxygen atoms in total. The highest BCUT2D eigenvalue weighted by atomic mass is 31.2. The van der Waals surface area contributed by atoms with E-state index in [9.17, 15) is 19.4 Å². The van der Waals surface area contributed by atoms with Crippen molar-refractivity contribution >= 4 is 13.7 Å². The van der Waals surface area contributed by atoms with Crippen molar-refractivity contribution < 1.29 is 32.9 Å². The third-order valence-corrected chi connectivity index (χ3v) is 13.6. The van der Waals surface area contributed by atoms with Gasteiger partial charge < -0.3 is 19.8 Å². The van der Waals surface area contributed by atoms with Crippen LogP contribution in [0.3, 0.4) is 0 Å². The molecular weight excluding hydrogens is 816 g/mol. The Morgan fingerprint density at radius 3 is 1.20 bits per heavy atom. The smallest absolute Gasteiger partial charge is 0.387 e. The number of phosphoric ester groups is 1. The fraction of sp³-hybridized carbons (Fsp3) is 0.909. The zero-order valence-electron chi connectivity index (χ0n) is 43.3. The second-order valence-electron chi connectivity index (χ2n) is 20.3. The third-order valence-electron chi connectivity index (χ3n) is 12.7. The van der Waals surface area contributed by atoms with Crippen LogP contribution in [0.5, 0.6) is 0 Å². The lowest BCUT2D eigenvalue weighted by Gasteiger charge is -2.25. The van der Waals surface area contributed by atoms with Crippen LogP contribution in [0.2, 0.25) is 0 Å². The summed E-state index contributed by atoms with van der Waals surface area (Å²) in [4.78, 5) is 23.3. The van der Waals surface area contributed by atoms with E-state index in [4.69, 9.17) is 9.05 Å². The summed E-state index contributed by atoms with van der Waals surface area (Å²) in [6.07, 6.45) is 58.4. The van der Waals surface area contributed by atoms with Crippen LogP contribution in [0.4, 0.5) is 0 Å². The number of rotatable bonds is 51. The molecule has 3 N–H and O–H groups in total. The summed E-state index contributed by atoms with van der Waals surface area (Å²) >= 11 is 0. The number of hydrogen-bond acceptors (Lipinski definition) is 5. The lowest BCUT2D eigenvalue weighted by molar-refractivity contribution is -0.870. The Kier molecular flexibility index (Phi) is 46.3. The van der Waals surface area contributed by atoms with E-state index in [0.717, 1.165) is 38.5 Å². The van der Waals surface area contributed by atoms with Gasteiger partial charge in [-0.05, 0) is 44.9 Å². The third kappa shape index (κ3) is 48.9. The molecule has 0 heterocycles. The predicted octanol–water partition coefficient (Wildman–Crippen LogP) is 16.4. The zero-order valence-corrected chi connectivity index (χ0v) is 44.2. The molecule has 0 aliphatic carbocycles. The van der Waals surface area contributed by atoms with E-state index < -0.39 is 20.0 Å². The van der Waals surface area contributed by atoms with Gasteiger partial charge in [-0.25, -0.2) is 4.57 Å². The number of allylic oxidation sites excluding steroid dienone is 3. The highest BCUT2D eigenvalue weighted by Gasteiger charge is 2.27. The number of carbonyl (C=O) groups is 1. The molecule has 64 heavy (non-hydrogen) atoms. The molecular formula is C55H110N2O6P+. The van der Waals surface area contributed by atoms with Gasteiger partial charge in [-0.2, -0.15) is 0 Å². The Labute approximate surface area is 398 Å². The lowest BCUT2D eigenvalue weighted by atomic mass is 10.0. The largest absolute Gasteiger partial charge is 0.472 e. The number of nitrogens with zero attached hydrogens (tertiary/aromatic N) is 1. The van der Waals surface area contributed by atoms with Gasteiger partial charge in [0.25, 0.3) is 0 Å². The molecule has 0 aliphatic rings. The first-order valence-corrected chi connectivity index (χ1v) is 29.2. The van der Waals surface area contributed by atoms with E-state index in [0.29, 0.717) is 17.4 Å². The number of aliphatic hydroxyl groups is 1. The average molecular weight is 926 g/mol. The van der Waals surface area contributed by atoms with Gasteiger partial charge in [0.05, 0.1) is 39.9 Å². The van der Waals surface area contributed by atoms with Crippen molar-refractivity contribution in [1.29, 1.82) is 0 Å². The number of phosphoric acid groups is 1. The maximum absolute atomic E-state index is 13.0. The molecule has 0 saturated carbocycles. The van der Waals surface area contributed by atoms with E-state index in [1.807, 2.05) is 27.2 Å². The SMILES string of the molecule is CCCCCCCCCC/C=C\CCCCCCCCCC(=O)NC(COP(=O)(O)OCC[N+](C)(C)C)C(O)/C=C/CCCCCCCCCCCCCCCCCCCCCCC. The van der Waals surface area contributed by atoms with Crippen molar-refractivity contribution in [2.75, 3.05) is 40.9 Å². The molecule has 0 aromatic carbocycles. The number of unbranched alkanes of at least 4 members (excludes halogenated alkanes) is 36. The first kappa shape index (κ1) is 63.0.